The Hall–Kier alpha value is -3.38. The minimum absolute atomic E-state index is 0.291. The molecule has 0 aliphatic carbocycles. The summed E-state index contributed by atoms with van der Waals surface area (Å²) in [6.45, 7) is 2.09. The molecule has 3 aromatic rings. The lowest BCUT2D eigenvalue weighted by Crippen LogP contribution is -2.31. The topological polar surface area (TPSA) is 44.8 Å². The highest BCUT2D eigenvalue weighted by Gasteiger charge is 2.25. The van der Waals surface area contributed by atoms with Gasteiger partial charge in [0.25, 0.3) is 5.91 Å². The number of hydrogen-bond donors (Lipinski definition) is 1. The molecule has 0 radical (unpaired) electrons. The molecule has 166 valence electrons. The molecule has 1 N–H and O–H groups in total. The number of benzene rings is 3. The van der Waals surface area contributed by atoms with E-state index < -0.39 is 0 Å². The maximum Gasteiger partial charge on any atom is 0.255 e. The largest absolute Gasteiger partial charge is 0.489 e. The van der Waals surface area contributed by atoms with Gasteiger partial charge in [0.15, 0.2) is 0 Å². The third kappa shape index (κ3) is 5.26. The van der Waals surface area contributed by atoms with Crippen molar-refractivity contribution in [1.82, 2.24) is 4.90 Å². The molecule has 1 saturated heterocycles. The van der Waals surface area contributed by atoms with Crippen molar-refractivity contribution in [1.29, 1.82) is 0 Å². The van der Waals surface area contributed by atoms with Gasteiger partial charge < -0.3 is 19.9 Å². The molecule has 0 bridgehead atoms. The number of nitrogens with one attached hydrogen (secondary N) is 1. The number of amides is 1. The molecule has 32 heavy (non-hydrogen) atoms. The SMILES string of the molecule is CN(C)C1CCN(c2ccc(NC(=O)c3ccc(OCc4ccccc4)cc3)cc2F)C1. The van der Waals surface area contributed by atoms with Gasteiger partial charge in [-0.2, -0.15) is 0 Å². The Morgan fingerprint density at radius 3 is 2.50 bits per heavy atom. The van der Waals surface area contributed by atoms with E-state index in [0.29, 0.717) is 35.3 Å². The van der Waals surface area contributed by atoms with E-state index in [-0.39, 0.29) is 11.7 Å². The molecule has 1 aliphatic heterocycles. The Bertz CT molecular complexity index is 1050. The molecule has 1 fully saturated rings. The molecule has 1 unspecified atom stereocenters. The maximum atomic E-state index is 14.7. The van der Waals surface area contributed by atoms with Gasteiger partial charge in [-0.3, -0.25) is 4.79 Å². The number of anilines is 2. The Morgan fingerprint density at radius 1 is 1.09 bits per heavy atom. The summed E-state index contributed by atoms with van der Waals surface area (Å²) in [6, 6.07) is 22.1. The maximum absolute atomic E-state index is 14.7. The van der Waals surface area contributed by atoms with Crippen LogP contribution in [0.25, 0.3) is 0 Å². The second kappa shape index (κ2) is 9.83. The van der Waals surface area contributed by atoms with Crippen molar-refractivity contribution >= 4 is 17.3 Å². The molecule has 0 spiro atoms. The van der Waals surface area contributed by atoms with Gasteiger partial charge >= 0.3 is 0 Å². The van der Waals surface area contributed by atoms with Crippen LogP contribution in [0.3, 0.4) is 0 Å². The predicted molar refractivity (Wildman–Crippen MR) is 126 cm³/mol. The van der Waals surface area contributed by atoms with Gasteiger partial charge in [0, 0.05) is 30.4 Å². The zero-order valence-corrected chi connectivity index (χ0v) is 18.4. The number of likely N-dealkylation sites (N-methyl/N-ethyl adjacent to an activating group) is 1. The summed E-state index contributed by atoms with van der Waals surface area (Å²) in [4.78, 5) is 16.8. The van der Waals surface area contributed by atoms with Crippen LogP contribution in [-0.2, 0) is 6.61 Å². The molecule has 1 atom stereocenters. The lowest BCUT2D eigenvalue weighted by atomic mass is 10.2. The average molecular weight is 434 g/mol. The Kier molecular flexibility index (Phi) is 6.71. The Morgan fingerprint density at radius 2 is 1.84 bits per heavy atom. The summed E-state index contributed by atoms with van der Waals surface area (Å²) in [7, 11) is 4.09. The first-order valence-corrected chi connectivity index (χ1v) is 10.8. The average Bonchev–Trinajstić information content (AvgIpc) is 3.29. The summed E-state index contributed by atoms with van der Waals surface area (Å²) in [6.07, 6.45) is 1.01. The van der Waals surface area contributed by atoms with Crippen LogP contribution in [0, 0.1) is 5.82 Å². The summed E-state index contributed by atoms with van der Waals surface area (Å²) >= 11 is 0. The first-order chi connectivity index (χ1) is 15.5. The molecule has 4 rings (SSSR count). The first kappa shape index (κ1) is 21.8. The molecular weight excluding hydrogens is 405 g/mol. The highest BCUT2D eigenvalue weighted by atomic mass is 19.1. The van der Waals surface area contributed by atoms with Gasteiger partial charge in [-0.25, -0.2) is 4.39 Å². The number of nitrogens with zero attached hydrogens (tertiary/aromatic N) is 2. The number of hydrogen-bond acceptors (Lipinski definition) is 4. The molecule has 1 aliphatic rings. The van der Waals surface area contributed by atoms with Gasteiger partial charge in [0.1, 0.15) is 18.2 Å². The zero-order valence-electron chi connectivity index (χ0n) is 18.4. The summed E-state index contributed by atoms with van der Waals surface area (Å²) in [5, 5.41) is 2.77. The van der Waals surface area contributed by atoms with E-state index in [1.165, 1.54) is 6.07 Å². The highest BCUT2D eigenvalue weighted by molar-refractivity contribution is 6.04. The minimum Gasteiger partial charge on any atom is -0.489 e. The van der Waals surface area contributed by atoms with Crippen molar-refractivity contribution in [3.63, 3.8) is 0 Å². The molecule has 5 nitrogen and oxygen atoms in total. The minimum atomic E-state index is -0.327. The van der Waals surface area contributed by atoms with Crippen LogP contribution in [0.15, 0.2) is 72.8 Å². The van der Waals surface area contributed by atoms with Crippen molar-refractivity contribution in [2.24, 2.45) is 0 Å². The van der Waals surface area contributed by atoms with Crippen molar-refractivity contribution in [2.45, 2.75) is 19.1 Å². The normalized spacial score (nSPS) is 15.8. The smallest absolute Gasteiger partial charge is 0.255 e. The van der Waals surface area contributed by atoms with Crippen molar-refractivity contribution in [3.05, 3.63) is 89.7 Å². The van der Waals surface area contributed by atoms with E-state index in [1.807, 2.05) is 44.4 Å². The van der Waals surface area contributed by atoms with E-state index in [2.05, 4.69) is 15.1 Å². The second-order valence-corrected chi connectivity index (χ2v) is 8.27. The van der Waals surface area contributed by atoms with Crippen LogP contribution >= 0.6 is 0 Å². The molecule has 1 heterocycles. The fraction of sp³-hybridized carbons (Fsp3) is 0.269. The van der Waals surface area contributed by atoms with Gasteiger partial charge in [-0.15, -0.1) is 0 Å². The van der Waals surface area contributed by atoms with Gasteiger partial charge in [0.05, 0.1) is 5.69 Å². The fourth-order valence-corrected chi connectivity index (χ4v) is 3.87. The van der Waals surface area contributed by atoms with Crippen LogP contribution in [0.5, 0.6) is 5.75 Å². The highest BCUT2D eigenvalue weighted by Crippen LogP contribution is 2.27. The lowest BCUT2D eigenvalue weighted by molar-refractivity contribution is 0.102. The molecule has 6 heteroatoms. The van der Waals surface area contributed by atoms with E-state index in [0.717, 1.165) is 25.1 Å². The number of halogens is 1. The molecular formula is C26H28FN3O2. The summed E-state index contributed by atoms with van der Waals surface area (Å²) < 4.78 is 20.5. The quantitative estimate of drug-likeness (QED) is 0.582. The second-order valence-electron chi connectivity index (χ2n) is 8.27. The third-order valence-electron chi connectivity index (χ3n) is 5.80. The fourth-order valence-electron chi connectivity index (χ4n) is 3.87. The number of carbonyl (C=O) groups is 1. The van der Waals surface area contributed by atoms with Crippen LogP contribution in [0.1, 0.15) is 22.3 Å². The summed E-state index contributed by atoms with van der Waals surface area (Å²) in [5.74, 6) is 0.0647. The number of rotatable bonds is 7. The van der Waals surface area contributed by atoms with Crippen LogP contribution in [-0.4, -0.2) is 44.0 Å². The van der Waals surface area contributed by atoms with Crippen LogP contribution in [0.2, 0.25) is 0 Å². The van der Waals surface area contributed by atoms with Crippen LogP contribution in [0.4, 0.5) is 15.8 Å². The van der Waals surface area contributed by atoms with E-state index >= 15 is 0 Å². The molecule has 3 aromatic carbocycles. The standard InChI is InChI=1S/C26H28FN3O2/c1-29(2)22-14-15-30(17-22)25-13-10-21(16-24(25)27)28-26(31)20-8-11-23(12-9-20)32-18-19-6-4-3-5-7-19/h3-13,16,22H,14-15,17-18H2,1-2H3,(H,28,31). The summed E-state index contributed by atoms with van der Waals surface area (Å²) in [5.41, 5.74) is 2.57. The van der Waals surface area contributed by atoms with Crippen molar-refractivity contribution in [3.8, 4) is 5.75 Å². The van der Waals surface area contributed by atoms with Crippen molar-refractivity contribution in [2.75, 3.05) is 37.4 Å². The van der Waals surface area contributed by atoms with Gasteiger partial charge in [-0.05, 0) is 68.5 Å². The molecule has 0 saturated carbocycles. The van der Waals surface area contributed by atoms with E-state index in [9.17, 15) is 9.18 Å². The predicted octanol–water partition coefficient (Wildman–Crippen LogP) is 4.80. The van der Waals surface area contributed by atoms with Crippen LogP contribution < -0.4 is 15.0 Å². The number of ether oxygens (including phenoxy) is 1. The monoisotopic (exact) mass is 433 g/mol. The zero-order chi connectivity index (χ0) is 22.5. The Labute approximate surface area is 188 Å². The first-order valence-electron chi connectivity index (χ1n) is 10.8. The van der Waals surface area contributed by atoms with E-state index in [1.54, 1.807) is 36.4 Å². The lowest BCUT2D eigenvalue weighted by Gasteiger charge is -2.22. The van der Waals surface area contributed by atoms with Crippen molar-refractivity contribution < 1.29 is 13.9 Å². The molecule has 1 amide bonds. The van der Waals surface area contributed by atoms with Gasteiger partial charge in [0.2, 0.25) is 0 Å². The molecule has 0 aromatic heterocycles. The third-order valence-corrected chi connectivity index (χ3v) is 5.80. The number of carbonyl (C=O) groups excluding carboxylic acids is 1. The van der Waals surface area contributed by atoms with E-state index in [4.69, 9.17) is 4.74 Å². The Balaban J connectivity index is 1.35. The van der Waals surface area contributed by atoms with Gasteiger partial charge in [-0.1, -0.05) is 30.3 Å².